The molecule has 12 heteroatoms. The summed E-state index contributed by atoms with van der Waals surface area (Å²) < 4.78 is 0. The Kier molecular flexibility index (Phi) is 4.82. The first-order valence-electron chi connectivity index (χ1n) is 12.1. The lowest BCUT2D eigenvalue weighted by atomic mass is 10.1. The molecule has 0 unspecified atom stereocenters. The molecule has 5 aromatic rings. The summed E-state index contributed by atoms with van der Waals surface area (Å²) >= 11 is 0. The Bertz CT molecular complexity index is 1560. The van der Waals surface area contributed by atoms with Crippen molar-refractivity contribution in [1.82, 2.24) is 45.0 Å². The first-order chi connectivity index (χ1) is 17.6. The third-order valence-electron chi connectivity index (χ3n) is 7.01. The van der Waals surface area contributed by atoms with Crippen molar-refractivity contribution in [2.24, 2.45) is 5.73 Å². The van der Waals surface area contributed by atoms with E-state index >= 15 is 0 Å². The van der Waals surface area contributed by atoms with Gasteiger partial charge in [0.15, 0.2) is 17.1 Å². The van der Waals surface area contributed by atoms with E-state index in [4.69, 9.17) is 15.7 Å². The number of rotatable bonds is 4. The molecular weight excluding hydrogens is 456 g/mol. The number of hydrogen-bond donors (Lipinski definition) is 3. The maximum atomic E-state index is 5.93. The van der Waals surface area contributed by atoms with Gasteiger partial charge in [-0.2, -0.15) is 5.10 Å². The van der Waals surface area contributed by atoms with Crippen LogP contribution in [0.1, 0.15) is 0 Å². The summed E-state index contributed by atoms with van der Waals surface area (Å²) in [7, 11) is 2.15. The van der Waals surface area contributed by atoms with Gasteiger partial charge in [0.1, 0.15) is 17.0 Å². The van der Waals surface area contributed by atoms with Crippen LogP contribution in [0.5, 0.6) is 0 Å². The summed E-state index contributed by atoms with van der Waals surface area (Å²) in [6, 6.07) is 4.27. The minimum Gasteiger partial charge on any atom is -0.367 e. The van der Waals surface area contributed by atoms with Crippen molar-refractivity contribution in [2.75, 3.05) is 56.1 Å². The number of nitrogens with zero attached hydrogens (tertiary/aromatic N) is 9. The second-order valence-electron chi connectivity index (χ2n) is 9.53. The fourth-order valence-electron chi connectivity index (χ4n) is 4.89. The SMILES string of the molecule is CN1CCN(c2ccnc3nc(-c4[nH]nc5ncc(-c6cncc(N7CC(N)C7)n6)cc45)[nH]c23)CC1. The van der Waals surface area contributed by atoms with Crippen LogP contribution in [0.4, 0.5) is 11.5 Å². The normalized spacial score (nSPS) is 17.3. The standard InChI is InChI=1S/C24H26N12/c1-34-4-6-35(7-5-34)18-2-3-27-23-21(18)30-24(31-23)20-16-8-14(9-28-22(16)33-32-20)17-10-26-11-19(29-17)36-12-15(25)13-36/h2-3,8-11,15H,4-7,12-13,25H2,1H3,(H,27,30,31)(H,28,32,33). The predicted molar refractivity (Wildman–Crippen MR) is 138 cm³/mol. The van der Waals surface area contributed by atoms with Gasteiger partial charge in [-0.3, -0.25) is 10.1 Å². The van der Waals surface area contributed by atoms with Crippen molar-refractivity contribution in [1.29, 1.82) is 0 Å². The molecule has 12 nitrogen and oxygen atoms in total. The summed E-state index contributed by atoms with van der Waals surface area (Å²) in [5.41, 5.74) is 11.6. The van der Waals surface area contributed by atoms with Crippen LogP contribution in [0.15, 0.2) is 36.9 Å². The van der Waals surface area contributed by atoms with Crippen molar-refractivity contribution in [3.8, 4) is 22.8 Å². The molecule has 5 aromatic heterocycles. The smallest absolute Gasteiger partial charge is 0.181 e. The number of imidazole rings is 1. The van der Waals surface area contributed by atoms with Gasteiger partial charge < -0.3 is 25.4 Å². The zero-order valence-electron chi connectivity index (χ0n) is 19.9. The highest BCUT2D eigenvalue weighted by molar-refractivity contribution is 5.95. The molecule has 0 amide bonds. The molecule has 0 spiro atoms. The van der Waals surface area contributed by atoms with Crippen LogP contribution < -0.4 is 15.5 Å². The predicted octanol–water partition coefficient (Wildman–Crippen LogP) is 1.25. The lowest BCUT2D eigenvalue weighted by Crippen LogP contribution is -2.56. The number of pyridine rings is 2. The lowest BCUT2D eigenvalue weighted by molar-refractivity contribution is 0.313. The van der Waals surface area contributed by atoms with Gasteiger partial charge in [0.05, 0.1) is 29.2 Å². The molecular formula is C24H26N12. The molecule has 4 N–H and O–H groups in total. The molecule has 2 saturated heterocycles. The molecule has 0 atom stereocenters. The van der Waals surface area contributed by atoms with Crippen LogP contribution in [-0.2, 0) is 0 Å². The van der Waals surface area contributed by atoms with E-state index in [2.05, 4.69) is 57.9 Å². The summed E-state index contributed by atoms with van der Waals surface area (Å²) in [6.45, 7) is 5.56. The van der Waals surface area contributed by atoms with Crippen LogP contribution in [0.3, 0.4) is 0 Å². The molecule has 2 aliphatic heterocycles. The van der Waals surface area contributed by atoms with Crippen LogP contribution >= 0.6 is 0 Å². The highest BCUT2D eigenvalue weighted by Gasteiger charge is 2.25. The number of piperazine rings is 1. The molecule has 7 rings (SSSR count). The monoisotopic (exact) mass is 482 g/mol. The maximum Gasteiger partial charge on any atom is 0.181 e. The van der Waals surface area contributed by atoms with Crippen molar-refractivity contribution in [3.63, 3.8) is 0 Å². The summed E-state index contributed by atoms with van der Waals surface area (Å²) in [5, 5.41) is 8.37. The van der Waals surface area contributed by atoms with Crippen LogP contribution in [0.25, 0.3) is 45.0 Å². The zero-order chi connectivity index (χ0) is 24.2. The summed E-state index contributed by atoms with van der Waals surface area (Å²) in [6.07, 6.45) is 7.11. The number of aromatic amines is 2. The molecule has 0 aliphatic carbocycles. The van der Waals surface area contributed by atoms with Crippen LogP contribution in [-0.4, -0.2) is 97.4 Å². The first kappa shape index (κ1) is 21.1. The molecule has 36 heavy (non-hydrogen) atoms. The number of aromatic nitrogens is 8. The van der Waals surface area contributed by atoms with Crippen molar-refractivity contribution < 1.29 is 0 Å². The van der Waals surface area contributed by atoms with Gasteiger partial charge >= 0.3 is 0 Å². The molecule has 0 saturated carbocycles. The van der Waals surface area contributed by atoms with E-state index in [1.807, 2.05) is 12.3 Å². The lowest BCUT2D eigenvalue weighted by Gasteiger charge is -2.37. The van der Waals surface area contributed by atoms with E-state index in [1.165, 1.54) is 0 Å². The van der Waals surface area contributed by atoms with E-state index in [1.54, 1.807) is 18.6 Å². The number of nitrogens with two attached hydrogens (primary N) is 1. The molecule has 7 heterocycles. The Morgan fingerprint density at radius 2 is 1.83 bits per heavy atom. The molecule has 2 aliphatic rings. The largest absolute Gasteiger partial charge is 0.367 e. The Morgan fingerprint density at radius 3 is 2.67 bits per heavy atom. The number of H-pyrrole nitrogens is 2. The average molecular weight is 483 g/mol. The average Bonchev–Trinajstić information content (AvgIpc) is 3.51. The minimum atomic E-state index is 0.192. The first-order valence-corrected chi connectivity index (χ1v) is 12.1. The fraction of sp³-hybridized carbons (Fsp3) is 0.333. The Balaban J connectivity index is 1.26. The van der Waals surface area contributed by atoms with E-state index < -0.39 is 0 Å². The Morgan fingerprint density at radius 1 is 0.972 bits per heavy atom. The van der Waals surface area contributed by atoms with Crippen molar-refractivity contribution in [3.05, 3.63) is 36.9 Å². The van der Waals surface area contributed by atoms with E-state index in [9.17, 15) is 0 Å². The van der Waals surface area contributed by atoms with E-state index in [-0.39, 0.29) is 6.04 Å². The van der Waals surface area contributed by atoms with Crippen molar-refractivity contribution in [2.45, 2.75) is 6.04 Å². The molecule has 2 fully saturated rings. The van der Waals surface area contributed by atoms with E-state index in [0.29, 0.717) is 17.1 Å². The fourth-order valence-corrected chi connectivity index (χ4v) is 4.89. The maximum absolute atomic E-state index is 5.93. The molecule has 0 aromatic carbocycles. The number of likely N-dealkylation sites (N-methyl/N-ethyl adjacent to an activating group) is 1. The molecule has 0 bridgehead atoms. The van der Waals surface area contributed by atoms with Crippen LogP contribution in [0.2, 0.25) is 0 Å². The van der Waals surface area contributed by atoms with Gasteiger partial charge in [0.2, 0.25) is 0 Å². The highest BCUT2D eigenvalue weighted by Crippen LogP contribution is 2.31. The second kappa shape index (κ2) is 8.21. The van der Waals surface area contributed by atoms with E-state index in [0.717, 1.165) is 78.6 Å². The number of fused-ring (bicyclic) bond motifs is 2. The van der Waals surface area contributed by atoms with Gasteiger partial charge in [-0.1, -0.05) is 0 Å². The van der Waals surface area contributed by atoms with Gasteiger partial charge in [0, 0.05) is 63.3 Å². The Hall–Kier alpha value is -4.16. The van der Waals surface area contributed by atoms with Gasteiger partial charge in [-0.25, -0.2) is 19.9 Å². The highest BCUT2D eigenvalue weighted by atomic mass is 15.3. The van der Waals surface area contributed by atoms with Crippen LogP contribution in [0, 0.1) is 0 Å². The summed E-state index contributed by atoms with van der Waals surface area (Å²) in [4.78, 5) is 33.4. The minimum absolute atomic E-state index is 0.192. The number of anilines is 2. The topological polar surface area (TPSA) is 145 Å². The van der Waals surface area contributed by atoms with Crippen molar-refractivity contribution >= 4 is 33.7 Å². The second-order valence-corrected chi connectivity index (χ2v) is 9.53. The number of nitrogens with one attached hydrogen (secondary N) is 2. The third-order valence-corrected chi connectivity index (χ3v) is 7.01. The van der Waals surface area contributed by atoms with Gasteiger partial charge in [-0.05, 0) is 19.2 Å². The quantitative estimate of drug-likeness (QED) is 0.342. The van der Waals surface area contributed by atoms with Gasteiger partial charge in [-0.15, -0.1) is 0 Å². The third kappa shape index (κ3) is 3.53. The summed E-state index contributed by atoms with van der Waals surface area (Å²) in [5.74, 6) is 1.50. The molecule has 0 radical (unpaired) electrons. The zero-order valence-corrected chi connectivity index (χ0v) is 19.9. The Labute approximate surface area is 206 Å². The number of hydrogen-bond acceptors (Lipinski definition) is 10. The molecule has 182 valence electrons. The van der Waals surface area contributed by atoms with Gasteiger partial charge in [0.25, 0.3) is 0 Å².